The van der Waals surface area contributed by atoms with E-state index >= 15 is 0 Å². The fourth-order valence-electron chi connectivity index (χ4n) is 4.72. The molecule has 0 aliphatic heterocycles. The summed E-state index contributed by atoms with van der Waals surface area (Å²) in [5, 5.41) is 11.8. The molecule has 1 unspecified atom stereocenters. The first-order chi connectivity index (χ1) is 15.6. The second-order valence-electron chi connectivity index (χ2n) is 9.39. The molecule has 2 heterocycles. The van der Waals surface area contributed by atoms with Gasteiger partial charge in [-0.25, -0.2) is 4.98 Å². The third-order valence-electron chi connectivity index (χ3n) is 6.97. The van der Waals surface area contributed by atoms with E-state index in [4.69, 9.17) is 0 Å². The lowest BCUT2D eigenvalue weighted by molar-refractivity contribution is -0.125. The number of nitrogens with zero attached hydrogens (tertiary/aromatic N) is 4. The second-order valence-corrected chi connectivity index (χ2v) is 10.3. The van der Waals surface area contributed by atoms with Crippen LogP contribution < -0.4 is 5.32 Å². The Hall–Kier alpha value is -3.06. The van der Waals surface area contributed by atoms with Crippen LogP contribution in [0.2, 0.25) is 0 Å². The van der Waals surface area contributed by atoms with Crippen molar-refractivity contribution in [3.05, 3.63) is 54.3 Å². The molecule has 162 valence electrons. The maximum absolute atomic E-state index is 12.7. The lowest BCUT2D eigenvalue weighted by Gasteiger charge is -2.17. The minimum Gasteiger partial charge on any atom is -0.351 e. The standard InChI is InChI=1S/C25H25N5OS/c1-25(10-11-25)28-24(31)19-6-8-20(12-19)30-14-27-29-23(30)17-4-2-16(3-5-17)18-7-9-21-22(13-18)32-15-26-21/h2-5,7,9,13-15,19-20H,6,8,10-12H2,1H3,(H,28,31)/t19?,20-/m1/s1. The number of benzene rings is 2. The van der Waals surface area contributed by atoms with E-state index in [9.17, 15) is 4.79 Å². The van der Waals surface area contributed by atoms with Crippen molar-refractivity contribution in [1.29, 1.82) is 0 Å². The summed E-state index contributed by atoms with van der Waals surface area (Å²) >= 11 is 1.66. The van der Waals surface area contributed by atoms with E-state index in [1.165, 1.54) is 15.8 Å². The zero-order valence-electron chi connectivity index (χ0n) is 18.0. The van der Waals surface area contributed by atoms with Gasteiger partial charge in [0, 0.05) is 23.1 Å². The molecular weight excluding hydrogens is 418 g/mol. The van der Waals surface area contributed by atoms with Crippen LogP contribution in [-0.2, 0) is 4.79 Å². The fourth-order valence-corrected chi connectivity index (χ4v) is 5.44. The quantitative estimate of drug-likeness (QED) is 0.458. The number of carbonyl (C=O) groups is 1. The molecule has 2 aliphatic carbocycles. The van der Waals surface area contributed by atoms with Gasteiger partial charge in [0.05, 0.1) is 15.7 Å². The van der Waals surface area contributed by atoms with Gasteiger partial charge >= 0.3 is 0 Å². The van der Waals surface area contributed by atoms with Crippen molar-refractivity contribution in [2.75, 3.05) is 0 Å². The number of thiazole rings is 1. The van der Waals surface area contributed by atoms with Crippen molar-refractivity contribution < 1.29 is 4.79 Å². The highest BCUT2D eigenvalue weighted by Gasteiger charge is 2.41. The van der Waals surface area contributed by atoms with Gasteiger partial charge in [-0.2, -0.15) is 0 Å². The Morgan fingerprint density at radius 1 is 1.09 bits per heavy atom. The molecule has 0 saturated heterocycles. The lowest BCUT2D eigenvalue weighted by atomic mass is 10.0. The molecule has 32 heavy (non-hydrogen) atoms. The van der Waals surface area contributed by atoms with Gasteiger partial charge < -0.3 is 9.88 Å². The summed E-state index contributed by atoms with van der Waals surface area (Å²) in [7, 11) is 0. The number of fused-ring (bicyclic) bond motifs is 1. The van der Waals surface area contributed by atoms with Gasteiger partial charge in [-0.15, -0.1) is 21.5 Å². The maximum Gasteiger partial charge on any atom is 0.223 e. The molecule has 2 aromatic carbocycles. The number of nitrogens with one attached hydrogen (secondary N) is 1. The van der Waals surface area contributed by atoms with Gasteiger partial charge in [0.15, 0.2) is 5.82 Å². The molecule has 6 nitrogen and oxygen atoms in total. The monoisotopic (exact) mass is 443 g/mol. The van der Waals surface area contributed by atoms with Crippen LogP contribution in [0.1, 0.15) is 45.1 Å². The number of amides is 1. The molecule has 0 radical (unpaired) electrons. The van der Waals surface area contributed by atoms with Gasteiger partial charge in [0.25, 0.3) is 0 Å². The van der Waals surface area contributed by atoms with Crippen LogP contribution in [0.25, 0.3) is 32.7 Å². The molecule has 1 amide bonds. The molecule has 2 fully saturated rings. The van der Waals surface area contributed by atoms with Gasteiger partial charge in [-0.05, 0) is 62.3 Å². The average molecular weight is 444 g/mol. The Labute approximate surface area is 190 Å². The summed E-state index contributed by atoms with van der Waals surface area (Å²) in [5.41, 5.74) is 6.36. The Balaban J connectivity index is 1.20. The van der Waals surface area contributed by atoms with E-state index in [0.29, 0.717) is 0 Å². The molecule has 2 aliphatic rings. The minimum atomic E-state index is 0.0448. The first-order valence-corrected chi connectivity index (χ1v) is 12.1. The Kier molecular flexibility index (Phi) is 4.61. The van der Waals surface area contributed by atoms with Crippen molar-refractivity contribution in [1.82, 2.24) is 25.1 Å². The summed E-state index contributed by atoms with van der Waals surface area (Å²) in [6.07, 6.45) is 6.75. The highest BCUT2D eigenvalue weighted by atomic mass is 32.1. The number of hydrogen-bond acceptors (Lipinski definition) is 5. The molecular formula is C25H25N5OS. The van der Waals surface area contributed by atoms with E-state index in [1.54, 1.807) is 11.3 Å². The van der Waals surface area contributed by atoms with Gasteiger partial charge in [0.1, 0.15) is 6.33 Å². The highest BCUT2D eigenvalue weighted by molar-refractivity contribution is 7.16. The van der Waals surface area contributed by atoms with Gasteiger partial charge in [0.2, 0.25) is 5.91 Å². The molecule has 1 N–H and O–H groups in total. The van der Waals surface area contributed by atoms with Crippen LogP contribution in [0.15, 0.2) is 54.3 Å². The predicted octanol–water partition coefficient (Wildman–Crippen LogP) is 5.23. The van der Waals surface area contributed by atoms with Gasteiger partial charge in [-0.3, -0.25) is 4.79 Å². The minimum absolute atomic E-state index is 0.0448. The van der Waals surface area contributed by atoms with Crippen molar-refractivity contribution in [2.45, 2.75) is 50.6 Å². The number of rotatable bonds is 5. The molecule has 2 aromatic heterocycles. The molecule has 2 saturated carbocycles. The summed E-state index contributed by atoms with van der Waals surface area (Å²) in [5.74, 6) is 1.16. The lowest BCUT2D eigenvalue weighted by Crippen LogP contribution is -2.38. The molecule has 0 bridgehead atoms. The zero-order chi connectivity index (χ0) is 21.7. The second kappa shape index (κ2) is 7.52. The Morgan fingerprint density at radius 3 is 2.69 bits per heavy atom. The average Bonchev–Trinajstić information content (AvgIpc) is 3.28. The Morgan fingerprint density at radius 2 is 1.88 bits per heavy atom. The summed E-state index contributed by atoms with van der Waals surface area (Å²) in [6, 6.07) is 15.1. The largest absolute Gasteiger partial charge is 0.351 e. The molecule has 7 heteroatoms. The van der Waals surface area contributed by atoms with Crippen LogP contribution in [0.3, 0.4) is 0 Å². The van der Waals surface area contributed by atoms with Crippen molar-refractivity contribution in [3.8, 4) is 22.5 Å². The first-order valence-electron chi connectivity index (χ1n) is 11.2. The molecule has 4 aromatic rings. The van der Waals surface area contributed by atoms with Gasteiger partial charge in [-0.1, -0.05) is 30.3 Å². The third kappa shape index (κ3) is 3.60. The van der Waals surface area contributed by atoms with E-state index in [0.717, 1.165) is 49.0 Å². The fraction of sp³-hybridized carbons (Fsp3) is 0.360. The van der Waals surface area contributed by atoms with Crippen molar-refractivity contribution in [3.63, 3.8) is 0 Å². The smallest absolute Gasteiger partial charge is 0.223 e. The summed E-state index contributed by atoms with van der Waals surface area (Å²) in [6.45, 7) is 2.13. The first kappa shape index (κ1) is 19.6. The zero-order valence-corrected chi connectivity index (χ0v) is 18.8. The molecule has 6 rings (SSSR count). The van der Waals surface area contributed by atoms with Crippen LogP contribution in [0, 0.1) is 5.92 Å². The van der Waals surface area contributed by atoms with E-state index in [2.05, 4.69) is 74.5 Å². The summed E-state index contributed by atoms with van der Waals surface area (Å²) < 4.78 is 3.35. The van der Waals surface area contributed by atoms with E-state index in [-0.39, 0.29) is 23.4 Å². The predicted molar refractivity (Wildman–Crippen MR) is 126 cm³/mol. The van der Waals surface area contributed by atoms with Crippen molar-refractivity contribution in [2.24, 2.45) is 5.92 Å². The van der Waals surface area contributed by atoms with E-state index < -0.39 is 0 Å². The van der Waals surface area contributed by atoms with Crippen LogP contribution in [0.4, 0.5) is 0 Å². The maximum atomic E-state index is 12.7. The SMILES string of the molecule is CC1(NC(=O)C2CC[C@@H](n3cnnc3-c3ccc(-c4ccc5ncsc5c4)cc3)C2)CC1. The van der Waals surface area contributed by atoms with Crippen LogP contribution in [-0.4, -0.2) is 31.2 Å². The molecule has 2 atom stereocenters. The normalized spacial score (nSPS) is 21.7. The topological polar surface area (TPSA) is 72.7 Å². The number of carbonyl (C=O) groups excluding carboxylic acids is 1. The van der Waals surface area contributed by atoms with Crippen molar-refractivity contribution >= 4 is 27.5 Å². The highest BCUT2D eigenvalue weighted by Crippen LogP contribution is 2.39. The summed E-state index contributed by atoms with van der Waals surface area (Å²) in [4.78, 5) is 17.0. The number of hydrogen-bond donors (Lipinski definition) is 1. The van der Waals surface area contributed by atoms with E-state index in [1.807, 2.05) is 11.8 Å². The number of aromatic nitrogens is 4. The molecule has 0 spiro atoms. The Bertz CT molecular complexity index is 1290. The van der Waals surface area contributed by atoms with Crippen LogP contribution >= 0.6 is 11.3 Å². The third-order valence-corrected chi connectivity index (χ3v) is 7.77. The van der Waals surface area contributed by atoms with Crippen LogP contribution in [0.5, 0.6) is 0 Å².